The van der Waals surface area contributed by atoms with Crippen LogP contribution < -0.4 is 15.6 Å². The van der Waals surface area contributed by atoms with E-state index < -0.39 is 54.7 Å². The molecule has 0 bridgehead atoms. The Kier molecular flexibility index (Phi) is 24.0. The van der Waals surface area contributed by atoms with Gasteiger partial charge in [0.1, 0.15) is 11.4 Å². The van der Waals surface area contributed by atoms with Gasteiger partial charge in [-0.25, -0.2) is 0 Å². The zero-order valence-electron chi connectivity index (χ0n) is 56.1. The van der Waals surface area contributed by atoms with Crippen LogP contribution in [0.4, 0.5) is 11.4 Å². The lowest BCUT2D eigenvalue weighted by Gasteiger charge is -2.39. The van der Waals surface area contributed by atoms with Gasteiger partial charge in [-0.1, -0.05) is 179 Å². The van der Waals surface area contributed by atoms with Gasteiger partial charge in [-0.2, -0.15) is 20.1 Å². The van der Waals surface area contributed by atoms with E-state index in [1.165, 1.54) is 14.7 Å². The molecule has 5 amide bonds. The first-order valence-corrected chi connectivity index (χ1v) is 31.5. The summed E-state index contributed by atoms with van der Waals surface area (Å²) in [5, 5.41) is 15.8. The Hall–Kier alpha value is -11.3. The quantitative estimate of drug-likeness (QED) is 0.0586. The molecule has 5 aliphatic heterocycles. The summed E-state index contributed by atoms with van der Waals surface area (Å²) in [7, 11) is 0. The fourth-order valence-corrected chi connectivity index (χ4v) is 11.3. The molecule has 1 aromatic heterocycles. The van der Waals surface area contributed by atoms with Gasteiger partial charge in [0.2, 0.25) is 29.5 Å². The molecule has 16 heteroatoms. The van der Waals surface area contributed by atoms with Crippen molar-refractivity contribution in [3.05, 3.63) is 226 Å². The monoisotopic (exact) mass is 1280 g/mol. The number of anilines is 2. The van der Waals surface area contributed by atoms with E-state index in [4.69, 9.17) is 10.2 Å². The lowest BCUT2D eigenvalue weighted by molar-refractivity contribution is -0.140. The third kappa shape index (κ3) is 16.5. The van der Waals surface area contributed by atoms with E-state index in [-0.39, 0.29) is 56.6 Å². The normalized spacial score (nSPS) is 17.3. The highest BCUT2D eigenvalue weighted by molar-refractivity contribution is 6.00. The minimum absolute atomic E-state index is 0. The van der Waals surface area contributed by atoms with Crippen LogP contribution in [-0.2, 0) is 43.6 Å². The first-order chi connectivity index (χ1) is 45.4. The second kappa shape index (κ2) is 32.0. The number of carbonyl (C=O) groups is 5. The van der Waals surface area contributed by atoms with Crippen molar-refractivity contribution in [1.29, 1.82) is 0 Å². The summed E-state index contributed by atoms with van der Waals surface area (Å²) in [6, 6.07) is 31.1. The Morgan fingerprint density at radius 3 is 1.28 bits per heavy atom. The number of nitrogens with two attached hydrogens (primary N) is 1. The molecule has 0 fully saturated rings. The highest BCUT2D eigenvalue weighted by Gasteiger charge is 2.45. The Balaban J connectivity index is 0.000000344. The fraction of sp³-hybridized carbons (Fsp3) is 0.287. The van der Waals surface area contributed by atoms with Gasteiger partial charge in [0.05, 0.1) is 54.6 Å². The van der Waals surface area contributed by atoms with Crippen molar-refractivity contribution in [2.75, 3.05) is 36.0 Å². The Bertz CT molecular complexity index is 4250. The molecule has 0 spiro atoms. The van der Waals surface area contributed by atoms with E-state index in [0.29, 0.717) is 54.0 Å². The third-order valence-corrected chi connectivity index (χ3v) is 17.3. The molecule has 0 aliphatic carbocycles. The van der Waals surface area contributed by atoms with E-state index in [1.807, 2.05) is 152 Å². The highest BCUT2D eigenvalue weighted by Crippen LogP contribution is 2.43. The van der Waals surface area contributed by atoms with E-state index in [0.717, 1.165) is 78.3 Å². The Morgan fingerprint density at radius 1 is 0.458 bits per heavy atom. The minimum atomic E-state index is -1.67. The number of hydrogen-bond donors (Lipinski definition) is 1. The number of para-hydroxylation sites is 2. The molecule has 6 heterocycles. The smallest absolute Gasteiger partial charge is 0.227 e. The molecule has 16 nitrogen and oxygen atoms in total. The predicted molar refractivity (Wildman–Crippen MR) is 384 cm³/mol. The van der Waals surface area contributed by atoms with E-state index >= 15 is 19.2 Å². The van der Waals surface area contributed by atoms with Gasteiger partial charge in [-0.15, -0.1) is 0 Å². The number of rotatable bonds is 11. The highest BCUT2D eigenvalue weighted by atomic mass is 16.2. The summed E-state index contributed by atoms with van der Waals surface area (Å²) in [5.74, 6) is 27.7. The maximum atomic E-state index is 15.6. The predicted octanol–water partition coefficient (Wildman–Crippen LogP) is 14.1. The Morgan fingerprint density at radius 2 is 0.833 bits per heavy atom. The standard InChI is InChI=1S/C57H54N4O4.C20H20N4O.C2H7N3.CH4/c1-37-21-24-40(4)46(10)58(33-43(37)7)53(62)29-57(30-54(63)59-34-44(8)38(2)22-25-41(5)47(59)11,31-55(64)60-35-45(9)39(3)23-26-42(6)48(60)12)32-56(65)61-36-51-19-14-13-17-49(51)27-28-50-18-15-16-20-52(50)61;1-3-18(25)23-13-14-9-5-6-10-15(14)19-20(22-24(4-2)21-19)16-11-7-8-12-17(16)23;1-2-4-5-3;/h13-20H,4-6,10-12,29-36H2,1-3,7-9H3;5-12H,3-4,13H2,1-2H3;2H2,1H3,(H2,3,4);1H4/b43-37-,44-38-,45-39-;;;. The molecule has 0 atom stereocenters. The molecular weight excluding hydrogens is 1190 g/mol. The van der Waals surface area contributed by atoms with Gasteiger partial charge < -0.3 is 30.3 Å². The van der Waals surface area contributed by atoms with Crippen LogP contribution in [-0.4, -0.2) is 85.4 Å². The number of nitrogens with zero attached hydrogens (tertiary/aromatic N) is 10. The molecule has 96 heavy (non-hydrogen) atoms. The molecule has 0 unspecified atom stereocenters. The van der Waals surface area contributed by atoms with Gasteiger partial charge in [0.25, 0.3) is 0 Å². The average Bonchev–Trinajstić information content (AvgIpc) is 1.23. The molecule has 0 radical (unpaired) electrons. The van der Waals surface area contributed by atoms with Crippen LogP contribution in [0.2, 0.25) is 0 Å². The lowest BCUT2D eigenvalue weighted by atomic mass is 9.73. The molecule has 0 saturated heterocycles. The number of carbonyl (C=O) groups excluding carboxylic acids is 5. The summed E-state index contributed by atoms with van der Waals surface area (Å²) in [4.78, 5) is 83.8. The number of aryl methyl sites for hydroxylation is 1. The molecule has 2 N–H and O–H groups in total. The first kappa shape index (κ1) is 72.1. The summed E-state index contributed by atoms with van der Waals surface area (Å²) in [6.07, 6.45) is -1.20. The van der Waals surface area contributed by atoms with E-state index in [2.05, 4.69) is 115 Å². The van der Waals surface area contributed by atoms with Crippen molar-refractivity contribution < 1.29 is 24.0 Å². The maximum absolute atomic E-state index is 15.6. The molecule has 5 aromatic rings. The van der Waals surface area contributed by atoms with Crippen LogP contribution in [0.1, 0.15) is 124 Å². The molecule has 10 rings (SSSR count). The van der Waals surface area contributed by atoms with Gasteiger partial charge in [0, 0.05) is 113 Å². The molecule has 490 valence electrons. The van der Waals surface area contributed by atoms with Crippen molar-refractivity contribution in [3.8, 4) is 69.9 Å². The van der Waals surface area contributed by atoms with Crippen LogP contribution in [0.25, 0.3) is 22.5 Å². The number of hydrogen-bond acceptors (Lipinski definition) is 9. The maximum Gasteiger partial charge on any atom is 0.227 e. The minimum Gasteiger partial charge on any atom is -0.308 e. The van der Waals surface area contributed by atoms with Crippen LogP contribution in [0.15, 0.2) is 214 Å². The van der Waals surface area contributed by atoms with Gasteiger partial charge in [-0.05, 0) is 108 Å². The third-order valence-electron chi connectivity index (χ3n) is 17.3. The van der Waals surface area contributed by atoms with Crippen molar-refractivity contribution in [2.45, 2.75) is 121 Å². The summed E-state index contributed by atoms with van der Waals surface area (Å²) in [5.41, 5.74) is 13.5. The first-order valence-electron chi connectivity index (χ1n) is 31.5. The lowest BCUT2D eigenvalue weighted by Crippen LogP contribution is -2.46. The summed E-state index contributed by atoms with van der Waals surface area (Å²) >= 11 is 0. The largest absolute Gasteiger partial charge is 0.308 e. The second-order valence-corrected chi connectivity index (χ2v) is 24.0. The summed E-state index contributed by atoms with van der Waals surface area (Å²) in [6.45, 7) is 44.5. The van der Waals surface area contributed by atoms with Crippen LogP contribution in [0.3, 0.4) is 0 Å². The summed E-state index contributed by atoms with van der Waals surface area (Å²) < 4.78 is 0. The number of benzene rings is 4. The zero-order valence-corrected chi connectivity index (χ0v) is 56.1. The molecule has 5 aliphatic rings. The molecular formula is C80H85N11O5. The van der Waals surface area contributed by atoms with Crippen molar-refractivity contribution >= 4 is 40.9 Å². The van der Waals surface area contributed by atoms with Crippen LogP contribution >= 0.6 is 0 Å². The SMILES string of the molecule is C.C=C1C#C/C(C)=C(/C)CN(C(=O)CC(CC(=O)N2C/C(C)=C(/C)C#CC(=C)C2=C)(CC(=O)N2C/C(C)=C(/C)C#CC(=C)C2=C)CC(=O)N2Cc3ccccc3C#Cc3ccccc32)C1=C.CCC(=O)N1Cc2ccccc2-c2nn(CC)nc2-c2ccccc21.CCN=NN. The Labute approximate surface area is 566 Å². The average molecular weight is 1280 g/mol. The van der Waals surface area contributed by atoms with Crippen molar-refractivity contribution in [1.82, 2.24) is 29.7 Å². The van der Waals surface area contributed by atoms with Crippen molar-refractivity contribution in [2.24, 2.45) is 21.6 Å². The number of fused-ring (bicyclic) bond motifs is 7. The van der Waals surface area contributed by atoms with E-state index in [9.17, 15) is 4.79 Å². The number of amides is 5. The van der Waals surface area contributed by atoms with Crippen LogP contribution in [0, 0.1) is 52.8 Å². The zero-order chi connectivity index (χ0) is 68.8. The number of aromatic nitrogens is 3. The van der Waals surface area contributed by atoms with Gasteiger partial charge in [-0.3, -0.25) is 24.0 Å². The molecule has 4 aromatic carbocycles. The topological polar surface area (TPSA) is 183 Å². The fourth-order valence-electron chi connectivity index (χ4n) is 11.3. The van der Waals surface area contributed by atoms with E-state index in [1.54, 1.807) is 9.70 Å². The van der Waals surface area contributed by atoms with Crippen molar-refractivity contribution in [3.63, 3.8) is 0 Å². The van der Waals surface area contributed by atoms with Crippen LogP contribution in [0.5, 0.6) is 0 Å². The van der Waals surface area contributed by atoms with Gasteiger partial charge in [0.15, 0.2) is 0 Å². The second-order valence-electron chi connectivity index (χ2n) is 24.0. The number of allylic oxidation sites excluding steroid dienone is 6. The van der Waals surface area contributed by atoms with Gasteiger partial charge >= 0.3 is 0 Å². The molecule has 0 saturated carbocycles.